The summed E-state index contributed by atoms with van der Waals surface area (Å²) in [6.45, 7) is 3.58. The van der Waals surface area contributed by atoms with E-state index in [1.165, 1.54) is 24.1 Å². The van der Waals surface area contributed by atoms with Gasteiger partial charge in [0.15, 0.2) is 11.5 Å². The third-order valence-corrected chi connectivity index (χ3v) is 12.7. The van der Waals surface area contributed by atoms with Crippen LogP contribution in [-0.4, -0.2) is 102 Å². The average molecular weight is 811 g/mol. The first-order chi connectivity index (χ1) is 26.4. The van der Waals surface area contributed by atoms with Crippen LogP contribution in [0, 0.1) is 17.8 Å². The zero-order valence-electron chi connectivity index (χ0n) is 31.2. The van der Waals surface area contributed by atoms with Crippen LogP contribution in [-0.2, 0) is 30.6 Å². The molecule has 2 aliphatic heterocycles. The van der Waals surface area contributed by atoms with E-state index in [-0.39, 0.29) is 47.8 Å². The van der Waals surface area contributed by atoms with Gasteiger partial charge in [-0.2, -0.15) is 13.2 Å². The average Bonchev–Trinajstić information content (AvgIpc) is 4.06. The fraction of sp³-hybridized carbons (Fsp3) is 0.611. The minimum atomic E-state index is -4.87. The molecule has 0 radical (unpaired) electrons. The van der Waals surface area contributed by atoms with Crippen LogP contribution in [0.1, 0.15) is 70.9 Å². The normalized spacial score (nSPS) is 29.2. The molecular formula is C36H45F3N6O10S. The fourth-order valence-corrected chi connectivity index (χ4v) is 9.02. The van der Waals surface area contributed by atoms with Crippen molar-refractivity contribution in [3.05, 3.63) is 30.0 Å². The van der Waals surface area contributed by atoms with Gasteiger partial charge in [0.1, 0.15) is 23.7 Å². The number of rotatable bonds is 9. The molecule has 56 heavy (non-hydrogen) atoms. The van der Waals surface area contributed by atoms with Crippen LogP contribution in [0.25, 0.3) is 11.0 Å². The third kappa shape index (κ3) is 8.44. The summed E-state index contributed by atoms with van der Waals surface area (Å²) in [5.41, 5.74) is -3.20. The summed E-state index contributed by atoms with van der Waals surface area (Å²) in [6, 6.07) is -0.102. The molecular weight excluding hydrogens is 765 g/mol. The van der Waals surface area contributed by atoms with E-state index in [0.717, 1.165) is 7.11 Å². The van der Waals surface area contributed by atoms with E-state index >= 15 is 0 Å². The summed E-state index contributed by atoms with van der Waals surface area (Å²) >= 11 is 0. The van der Waals surface area contributed by atoms with Crippen molar-refractivity contribution in [3.8, 4) is 17.4 Å². The molecule has 1 aromatic carbocycles. The molecule has 2 aliphatic carbocycles. The van der Waals surface area contributed by atoms with Gasteiger partial charge in [-0.15, -0.1) is 0 Å². The highest BCUT2D eigenvalue weighted by atomic mass is 32.2. The van der Waals surface area contributed by atoms with E-state index in [1.807, 2.05) is 19.9 Å². The smallest absolute Gasteiger partial charge is 0.438 e. The van der Waals surface area contributed by atoms with Gasteiger partial charge in [0.05, 0.1) is 37.0 Å². The lowest BCUT2D eigenvalue weighted by molar-refractivity contribution is -0.142. The highest BCUT2D eigenvalue weighted by Gasteiger charge is 2.62. The van der Waals surface area contributed by atoms with Crippen molar-refractivity contribution in [1.82, 2.24) is 30.2 Å². The Kier molecular flexibility index (Phi) is 11.3. The van der Waals surface area contributed by atoms with E-state index in [1.54, 1.807) is 6.08 Å². The topological polar surface area (TPSA) is 215 Å². The second kappa shape index (κ2) is 15.6. The Balaban J connectivity index is 1.36. The molecule has 0 bridgehead atoms. The number of nitrogens with one attached hydrogen (secondary N) is 3. The van der Waals surface area contributed by atoms with Crippen molar-refractivity contribution in [3.63, 3.8) is 0 Å². The van der Waals surface area contributed by atoms with Crippen molar-refractivity contribution in [1.29, 1.82) is 0 Å². The summed E-state index contributed by atoms with van der Waals surface area (Å²) < 4.78 is 85.4. The van der Waals surface area contributed by atoms with E-state index in [0.29, 0.717) is 38.5 Å². The first-order valence-corrected chi connectivity index (χ1v) is 20.0. The van der Waals surface area contributed by atoms with Gasteiger partial charge in [-0.25, -0.2) is 23.2 Å². The monoisotopic (exact) mass is 810 g/mol. The van der Waals surface area contributed by atoms with Gasteiger partial charge in [0.2, 0.25) is 33.4 Å². The second-order valence-electron chi connectivity index (χ2n) is 14.9. The van der Waals surface area contributed by atoms with Crippen molar-refractivity contribution in [2.45, 2.75) is 100 Å². The number of hydrogen-bond acceptors (Lipinski definition) is 11. The third-order valence-electron chi connectivity index (χ3n) is 10.9. The highest BCUT2D eigenvalue weighted by molar-refractivity contribution is 7.91. The number of nitrogens with zero attached hydrogens (tertiary/aromatic N) is 3. The lowest BCUT2D eigenvalue weighted by Crippen LogP contribution is -2.59. The van der Waals surface area contributed by atoms with Gasteiger partial charge in [-0.3, -0.25) is 19.1 Å². The molecule has 4 amide bonds. The van der Waals surface area contributed by atoms with Crippen molar-refractivity contribution >= 4 is 44.9 Å². The van der Waals surface area contributed by atoms with Gasteiger partial charge in [-0.1, -0.05) is 32.4 Å². The first kappa shape index (κ1) is 40.8. The molecule has 4 N–H and O–H groups in total. The molecule has 6 rings (SSSR count). The van der Waals surface area contributed by atoms with Gasteiger partial charge in [0.25, 0.3) is 5.91 Å². The number of benzene rings is 1. The lowest BCUT2D eigenvalue weighted by atomic mass is 9.85. The zero-order valence-corrected chi connectivity index (χ0v) is 32.0. The number of amides is 4. The zero-order chi connectivity index (χ0) is 40.7. The lowest BCUT2D eigenvalue weighted by Gasteiger charge is -2.33. The Morgan fingerprint density at radius 1 is 1.07 bits per heavy atom. The molecule has 3 fully saturated rings. The van der Waals surface area contributed by atoms with E-state index in [4.69, 9.17) is 14.2 Å². The van der Waals surface area contributed by atoms with Crippen LogP contribution in [0.15, 0.2) is 24.3 Å². The molecule has 2 saturated carbocycles. The van der Waals surface area contributed by atoms with Gasteiger partial charge in [-0.05, 0) is 50.4 Å². The molecule has 0 spiro atoms. The van der Waals surface area contributed by atoms with Crippen molar-refractivity contribution < 1.29 is 60.1 Å². The van der Waals surface area contributed by atoms with Crippen LogP contribution in [0.4, 0.5) is 18.0 Å². The maximum absolute atomic E-state index is 14.5. The van der Waals surface area contributed by atoms with E-state index < -0.39 is 92.4 Å². The Morgan fingerprint density at radius 2 is 1.77 bits per heavy atom. The maximum Gasteiger partial charge on any atom is 0.438 e. The predicted octanol–water partition coefficient (Wildman–Crippen LogP) is 3.54. The number of carboxylic acid groups (broad SMARTS) is 1. The van der Waals surface area contributed by atoms with Gasteiger partial charge < -0.3 is 34.9 Å². The Hall–Kier alpha value is -4.88. The Morgan fingerprint density at radius 3 is 2.39 bits per heavy atom. The number of ether oxygens (including phenoxy) is 3. The molecule has 1 saturated heterocycles. The molecule has 306 valence electrons. The van der Waals surface area contributed by atoms with Gasteiger partial charge >= 0.3 is 12.3 Å². The van der Waals surface area contributed by atoms with Crippen molar-refractivity contribution in [2.24, 2.45) is 17.8 Å². The van der Waals surface area contributed by atoms with Crippen LogP contribution in [0.2, 0.25) is 0 Å². The number of fused-ring (bicyclic) bond motifs is 3. The number of carbonyl (C=O) groups is 4. The minimum Gasteiger partial charge on any atom is -0.493 e. The van der Waals surface area contributed by atoms with Gasteiger partial charge in [0, 0.05) is 24.5 Å². The summed E-state index contributed by atoms with van der Waals surface area (Å²) in [5, 5.41) is 14.3. The Labute approximate surface area is 321 Å². The SMILES string of the molecule is CC[C@@H]1C[C@H](C)CC/C=C\[C@@H]2C[C@@]2(C(=O)NS(=O)(=O)C2CC2)NC(=O)[C@@H]2C[C@@H](Oc3cc4nc(OC)c(C(F)(F)F)nc4cc3OC)CN2C(=O)[C@H]1NC(=O)O. The van der Waals surface area contributed by atoms with Crippen LogP contribution >= 0.6 is 0 Å². The minimum absolute atomic E-state index is 0.00861. The van der Waals surface area contributed by atoms with Crippen molar-refractivity contribution in [2.75, 3.05) is 20.8 Å². The Bertz CT molecular complexity index is 2030. The number of hydrogen-bond donors (Lipinski definition) is 4. The predicted molar refractivity (Wildman–Crippen MR) is 192 cm³/mol. The van der Waals surface area contributed by atoms with Crippen LogP contribution < -0.4 is 29.6 Å². The fourth-order valence-electron chi connectivity index (χ4n) is 7.66. The standard InChI is InChI=1S/C36H45F3N6O10S/c1-5-19-12-18(2)8-6-7-9-20-16-35(20,33(48)44-56(51,52)22-10-11-22)43-30(46)25-13-21(17-45(25)32(47)28(19)42-34(49)50)55-27-15-24-23(14-26(27)53-3)40-29(36(37,38)39)31(41-24)54-4/h7,9,14-15,18-22,25,28,42H,5-6,8,10-13,16-17H2,1-4H3,(H,43,46)(H,44,48)(H,49,50)/b9-7-/t18-,19-,20-,21-,25+,28+,35-/m1/s1. The molecule has 1 aromatic heterocycles. The van der Waals surface area contributed by atoms with Crippen LogP contribution in [0.5, 0.6) is 17.4 Å². The van der Waals surface area contributed by atoms with Crippen LogP contribution in [0.3, 0.4) is 0 Å². The molecule has 7 atom stereocenters. The number of allylic oxidation sites excluding steroid dienone is 1. The molecule has 0 unspecified atom stereocenters. The quantitative estimate of drug-likeness (QED) is 0.268. The highest BCUT2D eigenvalue weighted by Crippen LogP contribution is 2.46. The summed E-state index contributed by atoms with van der Waals surface area (Å²) in [4.78, 5) is 63.5. The summed E-state index contributed by atoms with van der Waals surface area (Å²) in [7, 11) is -1.71. The molecule has 16 nitrogen and oxygen atoms in total. The number of halogens is 3. The molecule has 4 aliphatic rings. The molecule has 2 aromatic rings. The van der Waals surface area contributed by atoms with E-state index in [2.05, 4.69) is 25.3 Å². The number of alkyl halides is 3. The number of sulfonamides is 1. The summed E-state index contributed by atoms with van der Waals surface area (Å²) in [6.07, 6.45) is -0.687. The molecule has 3 heterocycles. The number of methoxy groups -OCH3 is 2. The maximum atomic E-state index is 14.5. The largest absolute Gasteiger partial charge is 0.493 e. The van der Waals surface area contributed by atoms with E-state index in [9.17, 15) is 45.9 Å². The molecule has 20 heteroatoms. The second-order valence-corrected chi connectivity index (χ2v) is 16.9. The number of aromatic nitrogens is 2. The number of carbonyl (C=O) groups excluding carboxylic acids is 3. The first-order valence-electron chi connectivity index (χ1n) is 18.4. The summed E-state index contributed by atoms with van der Waals surface area (Å²) in [5.74, 6) is -4.14.